The molecule has 0 bridgehead atoms. The number of rotatable bonds is 1. The minimum atomic E-state index is -1.41. The van der Waals surface area contributed by atoms with Crippen LogP contribution >= 0.6 is 0 Å². The smallest absolute Gasteiger partial charge is 0.394 e. The van der Waals surface area contributed by atoms with Crippen LogP contribution in [0, 0.1) is 0 Å². The summed E-state index contributed by atoms with van der Waals surface area (Å²) in [4.78, 5) is 20.8. The van der Waals surface area contributed by atoms with Crippen LogP contribution in [0.1, 0.15) is 12.8 Å². The van der Waals surface area contributed by atoms with E-state index in [0.29, 0.717) is 0 Å². The first-order valence-electron chi connectivity index (χ1n) is 3.94. The van der Waals surface area contributed by atoms with Crippen LogP contribution in [-0.4, -0.2) is 36.1 Å². The van der Waals surface area contributed by atoms with Gasteiger partial charge in [-0.05, 0) is 25.9 Å². The van der Waals surface area contributed by atoms with Gasteiger partial charge >= 0.3 is 11.9 Å². The Hall–Kier alpha value is -1.10. The summed E-state index contributed by atoms with van der Waals surface area (Å²) in [6.45, 7) is 1.68. The second kappa shape index (κ2) is 4.06. The highest BCUT2D eigenvalue weighted by Crippen LogP contribution is 2.00. The third-order valence-corrected chi connectivity index (χ3v) is 1.87. The fraction of sp³-hybridized carbons (Fsp3) is 0.714. The molecule has 1 saturated heterocycles. The number of carbonyl (C=O) groups is 2. The molecule has 0 spiro atoms. The molecule has 0 aromatic heterocycles. The lowest BCUT2D eigenvalue weighted by molar-refractivity contribution is -0.150. The van der Waals surface area contributed by atoms with E-state index in [1.165, 1.54) is 0 Å². The maximum absolute atomic E-state index is 10.7. The Morgan fingerprint density at radius 2 is 1.92 bits per heavy atom. The Kier molecular flexibility index (Phi) is 3.04. The minimum Gasteiger partial charge on any atom is -0.474 e. The molecule has 0 aromatic rings. The van der Waals surface area contributed by atoms with Crippen LogP contribution in [0.3, 0.4) is 0 Å². The Morgan fingerprint density at radius 1 is 1.33 bits per heavy atom. The summed E-state index contributed by atoms with van der Waals surface area (Å²) in [7, 11) is 0. The lowest BCUT2D eigenvalue weighted by Crippen LogP contribution is -2.45. The molecule has 5 heteroatoms. The monoisotopic (exact) mass is 172 g/mol. The predicted molar refractivity (Wildman–Crippen MR) is 41.7 cm³/mol. The summed E-state index contributed by atoms with van der Waals surface area (Å²) in [5, 5.41) is 13.8. The molecular formula is C7H12N2O3. The fourth-order valence-electron chi connectivity index (χ4n) is 1.21. The zero-order chi connectivity index (χ0) is 8.97. The van der Waals surface area contributed by atoms with Gasteiger partial charge in [0.25, 0.3) is 0 Å². The molecular weight excluding hydrogens is 160 g/mol. The van der Waals surface area contributed by atoms with Gasteiger partial charge in [-0.2, -0.15) is 0 Å². The van der Waals surface area contributed by atoms with Gasteiger partial charge < -0.3 is 15.7 Å². The molecule has 1 fully saturated rings. The van der Waals surface area contributed by atoms with E-state index in [-0.39, 0.29) is 6.04 Å². The minimum absolute atomic E-state index is 0.0230. The first-order chi connectivity index (χ1) is 5.70. The van der Waals surface area contributed by atoms with Crippen molar-refractivity contribution in [2.45, 2.75) is 18.9 Å². The molecule has 0 atom stereocenters. The van der Waals surface area contributed by atoms with Crippen molar-refractivity contribution < 1.29 is 14.7 Å². The zero-order valence-corrected chi connectivity index (χ0v) is 6.67. The van der Waals surface area contributed by atoms with Crippen LogP contribution in [0.2, 0.25) is 0 Å². The Balaban J connectivity index is 2.29. The van der Waals surface area contributed by atoms with Gasteiger partial charge in [-0.1, -0.05) is 0 Å². The number of hydrogen-bond donors (Lipinski definition) is 3. The van der Waals surface area contributed by atoms with Gasteiger partial charge in [-0.25, -0.2) is 4.79 Å². The lowest BCUT2D eigenvalue weighted by atomic mass is 10.1. The maximum Gasteiger partial charge on any atom is 0.394 e. The number of aliphatic carboxylic acids is 1. The number of nitrogens with one attached hydrogen (secondary N) is 2. The summed E-state index contributed by atoms with van der Waals surface area (Å²) < 4.78 is 0. The molecule has 3 N–H and O–H groups in total. The summed E-state index contributed by atoms with van der Waals surface area (Å²) in [5.74, 6) is -2.31. The molecule has 0 aromatic carbocycles. The zero-order valence-electron chi connectivity index (χ0n) is 6.67. The lowest BCUT2D eigenvalue weighted by Gasteiger charge is -2.22. The summed E-state index contributed by atoms with van der Waals surface area (Å²) in [6.07, 6.45) is 1.61. The molecule has 1 aliphatic rings. The van der Waals surface area contributed by atoms with Gasteiger partial charge in [0.1, 0.15) is 0 Å². The molecule has 68 valence electrons. The quantitative estimate of drug-likeness (QED) is 0.440. The average molecular weight is 172 g/mol. The summed E-state index contributed by atoms with van der Waals surface area (Å²) in [5.41, 5.74) is 0. The van der Waals surface area contributed by atoms with Crippen molar-refractivity contribution in [3.8, 4) is 0 Å². The van der Waals surface area contributed by atoms with Crippen LogP contribution in [0.5, 0.6) is 0 Å². The fourth-order valence-corrected chi connectivity index (χ4v) is 1.21. The van der Waals surface area contributed by atoms with Crippen molar-refractivity contribution in [2.75, 3.05) is 13.1 Å². The second-order valence-electron chi connectivity index (χ2n) is 2.80. The van der Waals surface area contributed by atoms with Gasteiger partial charge in [0.15, 0.2) is 0 Å². The summed E-state index contributed by atoms with van der Waals surface area (Å²) >= 11 is 0. The van der Waals surface area contributed by atoms with Crippen LogP contribution in [-0.2, 0) is 9.59 Å². The van der Waals surface area contributed by atoms with Crippen LogP contribution < -0.4 is 10.6 Å². The van der Waals surface area contributed by atoms with Crippen molar-refractivity contribution in [1.29, 1.82) is 0 Å². The standard InChI is InChI=1S/C7H12N2O3/c10-6(7(11)12)9-5-1-3-8-4-2-5/h5,8H,1-4H2,(H,9,10)(H,11,12). The molecule has 0 radical (unpaired) electrons. The molecule has 1 aliphatic heterocycles. The third-order valence-electron chi connectivity index (χ3n) is 1.87. The van der Waals surface area contributed by atoms with Gasteiger partial charge in [0.2, 0.25) is 0 Å². The van der Waals surface area contributed by atoms with Crippen molar-refractivity contribution in [2.24, 2.45) is 0 Å². The van der Waals surface area contributed by atoms with Crippen molar-refractivity contribution >= 4 is 11.9 Å². The predicted octanol–water partition coefficient (Wildman–Crippen LogP) is -1.06. The normalized spacial score (nSPS) is 18.7. The van der Waals surface area contributed by atoms with E-state index in [4.69, 9.17) is 5.11 Å². The number of hydrogen-bond acceptors (Lipinski definition) is 3. The van der Waals surface area contributed by atoms with Crippen molar-refractivity contribution in [3.05, 3.63) is 0 Å². The van der Waals surface area contributed by atoms with Crippen LogP contribution in [0.15, 0.2) is 0 Å². The van der Waals surface area contributed by atoms with E-state index in [9.17, 15) is 9.59 Å². The highest BCUT2D eigenvalue weighted by atomic mass is 16.4. The molecule has 0 unspecified atom stereocenters. The van der Waals surface area contributed by atoms with E-state index in [1.807, 2.05) is 0 Å². The van der Waals surface area contributed by atoms with Crippen molar-refractivity contribution in [1.82, 2.24) is 10.6 Å². The van der Waals surface area contributed by atoms with E-state index in [2.05, 4.69) is 10.6 Å². The third kappa shape index (κ3) is 2.50. The molecule has 0 saturated carbocycles. The summed E-state index contributed by atoms with van der Waals surface area (Å²) in [6, 6.07) is 0.0230. The number of amides is 1. The highest BCUT2D eigenvalue weighted by molar-refractivity contribution is 6.31. The van der Waals surface area contributed by atoms with E-state index < -0.39 is 11.9 Å². The first-order valence-corrected chi connectivity index (χ1v) is 3.94. The van der Waals surface area contributed by atoms with Crippen LogP contribution in [0.4, 0.5) is 0 Å². The molecule has 0 aliphatic carbocycles. The number of piperidine rings is 1. The molecule has 1 amide bonds. The van der Waals surface area contributed by atoms with Crippen LogP contribution in [0.25, 0.3) is 0 Å². The molecule has 12 heavy (non-hydrogen) atoms. The Bertz CT molecular complexity index is 187. The van der Waals surface area contributed by atoms with E-state index in [0.717, 1.165) is 25.9 Å². The second-order valence-corrected chi connectivity index (χ2v) is 2.80. The average Bonchev–Trinajstić information content (AvgIpc) is 2.06. The van der Waals surface area contributed by atoms with Gasteiger partial charge in [-0.3, -0.25) is 4.79 Å². The Morgan fingerprint density at radius 3 is 2.42 bits per heavy atom. The number of carbonyl (C=O) groups excluding carboxylic acids is 1. The SMILES string of the molecule is O=C(O)C(=O)NC1CCNCC1. The van der Waals surface area contributed by atoms with Gasteiger partial charge in [0.05, 0.1) is 0 Å². The largest absolute Gasteiger partial charge is 0.474 e. The number of carboxylic acid groups (broad SMARTS) is 1. The van der Waals surface area contributed by atoms with Gasteiger partial charge in [-0.15, -0.1) is 0 Å². The maximum atomic E-state index is 10.7. The topological polar surface area (TPSA) is 78.4 Å². The van der Waals surface area contributed by atoms with Crippen molar-refractivity contribution in [3.63, 3.8) is 0 Å². The van der Waals surface area contributed by atoms with Gasteiger partial charge in [0, 0.05) is 6.04 Å². The number of carboxylic acids is 1. The van der Waals surface area contributed by atoms with E-state index in [1.54, 1.807) is 0 Å². The molecule has 1 heterocycles. The highest BCUT2D eigenvalue weighted by Gasteiger charge is 2.18. The Labute approximate surface area is 70.1 Å². The molecule has 5 nitrogen and oxygen atoms in total. The van der Waals surface area contributed by atoms with E-state index >= 15 is 0 Å². The first kappa shape index (κ1) is 8.99. The molecule has 1 rings (SSSR count).